The van der Waals surface area contributed by atoms with Gasteiger partial charge in [-0.1, -0.05) is 44.9 Å². The summed E-state index contributed by atoms with van der Waals surface area (Å²) in [7, 11) is 0. The highest BCUT2D eigenvalue weighted by molar-refractivity contribution is 5.94. The van der Waals surface area contributed by atoms with E-state index in [0.29, 0.717) is 6.54 Å². The van der Waals surface area contributed by atoms with Crippen LogP contribution in [0.15, 0.2) is 30.3 Å². The van der Waals surface area contributed by atoms with Gasteiger partial charge in [-0.05, 0) is 17.5 Å². The third-order valence-corrected chi connectivity index (χ3v) is 1.87. The monoisotopic (exact) mass is 215 g/mol. The SMILES string of the molecule is CC(C)(C)CNC(=O)C#Cc1ccccc1. The van der Waals surface area contributed by atoms with Crippen LogP contribution in [0.25, 0.3) is 0 Å². The van der Waals surface area contributed by atoms with Gasteiger partial charge < -0.3 is 5.32 Å². The molecule has 0 atom stereocenters. The van der Waals surface area contributed by atoms with Gasteiger partial charge in [0.05, 0.1) is 0 Å². The first-order chi connectivity index (χ1) is 7.47. The number of nitrogens with one attached hydrogen (secondary N) is 1. The molecule has 0 saturated heterocycles. The summed E-state index contributed by atoms with van der Waals surface area (Å²) in [4.78, 5) is 11.4. The van der Waals surface area contributed by atoms with E-state index in [9.17, 15) is 4.79 Å². The van der Waals surface area contributed by atoms with Crippen LogP contribution in [-0.4, -0.2) is 12.5 Å². The van der Waals surface area contributed by atoms with Gasteiger partial charge >= 0.3 is 0 Å². The molecule has 0 fully saturated rings. The summed E-state index contributed by atoms with van der Waals surface area (Å²) >= 11 is 0. The van der Waals surface area contributed by atoms with Gasteiger partial charge in [-0.25, -0.2) is 0 Å². The highest BCUT2D eigenvalue weighted by Crippen LogP contribution is 2.09. The van der Waals surface area contributed by atoms with Crippen LogP contribution in [0.5, 0.6) is 0 Å². The van der Waals surface area contributed by atoms with Gasteiger partial charge in [0, 0.05) is 18.0 Å². The number of benzene rings is 1. The number of carbonyl (C=O) groups excluding carboxylic acids is 1. The first kappa shape index (κ1) is 12.3. The molecule has 0 radical (unpaired) electrons. The van der Waals surface area contributed by atoms with Gasteiger partial charge in [0.25, 0.3) is 5.91 Å². The number of rotatable bonds is 1. The minimum atomic E-state index is -0.223. The largest absolute Gasteiger partial charge is 0.345 e. The fourth-order valence-electron chi connectivity index (χ4n) is 1.04. The third-order valence-electron chi connectivity index (χ3n) is 1.87. The minimum Gasteiger partial charge on any atom is -0.345 e. The average Bonchev–Trinajstić information content (AvgIpc) is 2.24. The molecule has 1 amide bonds. The van der Waals surface area contributed by atoms with Crippen LogP contribution >= 0.6 is 0 Å². The van der Waals surface area contributed by atoms with Gasteiger partial charge in [0.2, 0.25) is 0 Å². The summed E-state index contributed by atoms with van der Waals surface area (Å²) in [6.45, 7) is 6.84. The molecular formula is C14H17NO. The van der Waals surface area contributed by atoms with Crippen molar-refractivity contribution >= 4 is 5.91 Å². The third kappa shape index (κ3) is 5.21. The maximum Gasteiger partial charge on any atom is 0.296 e. The molecule has 2 nitrogen and oxygen atoms in total. The molecule has 0 aliphatic rings. The Morgan fingerprint density at radius 1 is 1.25 bits per heavy atom. The summed E-state index contributed by atoms with van der Waals surface area (Å²) in [6.07, 6.45) is 0. The topological polar surface area (TPSA) is 29.1 Å². The van der Waals surface area contributed by atoms with Crippen LogP contribution in [0.3, 0.4) is 0 Å². The van der Waals surface area contributed by atoms with E-state index in [0.717, 1.165) is 5.56 Å². The molecule has 0 spiro atoms. The fourth-order valence-corrected chi connectivity index (χ4v) is 1.04. The Morgan fingerprint density at radius 3 is 2.44 bits per heavy atom. The molecule has 0 heterocycles. The van der Waals surface area contributed by atoms with Crippen molar-refractivity contribution in [3.05, 3.63) is 35.9 Å². The summed E-state index contributed by atoms with van der Waals surface area (Å²) in [6, 6.07) is 9.48. The molecule has 0 bridgehead atoms. The zero-order valence-electron chi connectivity index (χ0n) is 10.0. The van der Waals surface area contributed by atoms with E-state index in [1.807, 2.05) is 30.3 Å². The lowest BCUT2D eigenvalue weighted by molar-refractivity contribution is -0.116. The zero-order valence-corrected chi connectivity index (χ0v) is 10.0. The predicted octanol–water partition coefficient (Wildman–Crippen LogP) is 2.20. The quantitative estimate of drug-likeness (QED) is 0.715. The second-order valence-electron chi connectivity index (χ2n) is 4.86. The Hall–Kier alpha value is -1.75. The van der Waals surface area contributed by atoms with Crippen molar-refractivity contribution in [2.75, 3.05) is 6.54 Å². The highest BCUT2D eigenvalue weighted by atomic mass is 16.1. The van der Waals surface area contributed by atoms with E-state index in [1.54, 1.807) is 0 Å². The molecular weight excluding hydrogens is 198 g/mol. The van der Waals surface area contributed by atoms with Crippen molar-refractivity contribution in [3.8, 4) is 11.8 Å². The first-order valence-corrected chi connectivity index (χ1v) is 5.32. The lowest BCUT2D eigenvalue weighted by Crippen LogP contribution is -2.31. The van der Waals surface area contributed by atoms with Crippen molar-refractivity contribution < 1.29 is 4.79 Å². The van der Waals surface area contributed by atoms with Gasteiger partial charge in [-0.3, -0.25) is 4.79 Å². The van der Waals surface area contributed by atoms with E-state index in [4.69, 9.17) is 0 Å². The molecule has 0 aromatic heterocycles. The second kappa shape index (κ2) is 5.37. The Morgan fingerprint density at radius 2 is 1.88 bits per heavy atom. The van der Waals surface area contributed by atoms with Crippen molar-refractivity contribution in [1.82, 2.24) is 5.32 Å². The molecule has 1 aromatic carbocycles. The Kier molecular flexibility index (Phi) is 4.13. The lowest BCUT2D eigenvalue weighted by atomic mass is 9.97. The molecule has 2 heteroatoms. The van der Waals surface area contributed by atoms with E-state index >= 15 is 0 Å². The predicted molar refractivity (Wildman–Crippen MR) is 65.8 cm³/mol. The van der Waals surface area contributed by atoms with Crippen LogP contribution < -0.4 is 5.32 Å². The molecule has 0 saturated carbocycles. The molecule has 0 aliphatic carbocycles. The van der Waals surface area contributed by atoms with Gasteiger partial charge in [-0.15, -0.1) is 0 Å². The van der Waals surface area contributed by atoms with Gasteiger partial charge in [0.1, 0.15) is 0 Å². The van der Waals surface area contributed by atoms with Crippen molar-refractivity contribution in [3.63, 3.8) is 0 Å². The molecule has 16 heavy (non-hydrogen) atoms. The van der Waals surface area contributed by atoms with Crippen LogP contribution in [0, 0.1) is 17.3 Å². The number of amides is 1. The zero-order chi connectivity index (χ0) is 12.0. The normalized spacial score (nSPS) is 10.2. The van der Waals surface area contributed by atoms with Crippen molar-refractivity contribution in [2.24, 2.45) is 5.41 Å². The summed E-state index contributed by atoms with van der Waals surface area (Å²) in [5, 5.41) is 2.78. The lowest BCUT2D eigenvalue weighted by Gasteiger charge is -2.17. The van der Waals surface area contributed by atoms with E-state index in [1.165, 1.54) is 0 Å². The van der Waals surface area contributed by atoms with Crippen LogP contribution in [0.2, 0.25) is 0 Å². The minimum absolute atomic E-state index is 0.0874. The second-order valence-corrected chi connectivity index (χ2v) is 4.86. The van der Waals surface area contributed by atoms with Gasteiger partial charge in [-0.2, -0.15) is 0 Å². The summed E-state index contributed by atoms with van der Waals surface area (Å²) < 4.78 is 0. The fraction of sp³-hybridized carbons (Fsp3) is 0.357. The molecule has 1 rings (SSSR count). The summed E-state index contributed by atoms with van der Waals surface area (Å²) in [5.74, 6) is 5.17. The van der Waals surface area contributed by atoms with E-state index in [2.05, 4.69) is 37.9 Å². The number of carbonyl (C=O) groups is 1. The Bertz CT molecular complexity index is 404. The first-order valence-electron chi connectivity index (χ1n) is 5.32. The van der Waals surface area contributed by atoms with E-state index in [-0.39, 0.29) is 11.3 Å². The molecule has 1 aromatic rings. The molecule has 1 N–H and O–H groups in total. The number of hydrogen-bond donors (Lipinski definition) is 1. The Labute approximate surface area is 97.1 Å². The van der Waals surface area contributed by atoms with Crippen LogP contribution in [-0.2, 0) is 4.79 Å². The summed E-state index contributed by atoms with van der Waals surface area (Å²) in [5.41, 5.74) is 0.942. The number of hydrogen-bond acceptors (Lipinski definition) is 1. The smallest absolute Gasteiger partial charge is 0.296 e. The molecule has 0 aliphatic heterocycles. The maximum atomic E-state index is 11.4. The molecule has 84 valence electrons. The highest BCUT2D eigenvalue weighted by Gasteiger charge is 2.10. The maximum absolute atomic E-state index is 11.4. The Balaban J connectivity index is 2.50. The van der Waals surface area contributed by atoms with E-state index < -0.39 is 0 Å². The standard InChI is InChI=1S/C14H17NO/c1-14(2,3)11-15-13(16)10-9-12-7-5-4-6-8-12/h4-8H,11H2,1-3H3,(H,15,16). The van der Waals surface area contributed by atoms with Crippen molar-refractivity contribution in [2.45, 2.75) is 20.8 Å². The van der Waals surface area contributed by atoms with Gasteiger partial charge in [0.15, 0.2) is 0 Å². The molecule has 0 unspecified atom stereocenters. The average molecular weight is 215 g/mol. The van der Waals surface area contributed by atoms with Crippen LogP contribution in [0.1, 0.15) is 26.3 Å². The van der Waals surface area contributed by atoms with Crippen LogP contribution in [0.4, 0.5) is 0 Å². The van der Waals surface area contributed by atoms with Crippen molar-refractivity contribution in [1.29, 1.82) is 0 Å².